The summed E-state index contributed by atoms with van der Waals surface area (Å²) < 4.78 is 5.40. The van der Waals surface area contributed by atoms with Gasteiger partial charge in [0.25, 0.3) is 5.91 Å². The Morgan fingerprint density at radius 3 is 2.65 bits per heavy atom. The lowest BCUT2D eigenvalue weighted by molar-refractivity contribution is 0.0876. The van der Waals surface area contributed by atoms with Crippen molar-refractivity contribution in [3.8, 4) is 0 Å². The van der Waals surface area contributed by atoms with Crippen LogP contribution in [0.4, 0.5) is 0 Å². The molecular weight excluding hydrogens is 290 g/mol. The molecule has 3 atom stereocenters. The van der Waals surface area contributed by atoms with Crippen LogP contribution in [0.1, 0.15) is 43.3 Å². The van der Waals surface area contributed by atoms with Gasteiger partial charge in [0.1, 0.15) is 0 Å². The number of hydrogen-bond acceptors (Lipinski definition) is 4. The first-order chi connectivity index (χ1) is 10.8. The second-order valence-electron chi connectivity index (χ2n) is 7.55. The van der Waals surface area contributed by atoms with Crippen molar-refractivity contribution in [3.05, 3.63) is 23.7 Å². The molecule has 2 rings (SSSR count). The molecule has 0 saturated carbocycles. The average Bonchev–Trinajstić information content (AvgIpc) is 2.84. The highest BCUT2D eigenvalue weighted by Crippen LogP contribution is 2.21. The molecule has 1 aromatic rings. The van der Waals surface area contributed by atoms with Gasteiger partial charge >= 0.3 is 0 Å². The van der Waals surface area contributed by atoms with E-state index in [4.69, 9.17) is 4.42 Å². The third-order valence-corrected chi connectivity index (χ3v) is 4.29. The summed E-state index contributed by atoms with van der Waals surface area (Å²) in [6.07, 6.45) is 2.89. The molecule has 1 saturated heterocycles. The lowest BCUT2D eigenvalue weighted by atomic mass is 9.92. The lowest BCUT2D eigenvalue weighted by Gasteiger charge is -2.36. The minimum Gasteiger partial charge on any atom is -0.459 e. The van der Waals surface area contributed by atoms with Gasteiger partial charge in [-0.25, -0.2) is 0 Å². The largest absolute Gasteiger partial charge is 0.459 e. The fourth-order valence-corrected chi connectivity index (χ4v) is 3.66. The number of rotatable bonds is 6. The van der Waals surface area contributed by atoms with Crippen LogP contribution in [0.5, 0.6) is 0 Å². The van der Waals surface area contributed by atoms with E-state index in [-0.39, 0.29) is 11.9 Å². The molecule has 5 nitrogen and oxygen atoms in total. The first-order valence-electron chi connectivity index (χ1n) is 8.59. The number of piperidine rings is 1. The van der Waals surface area contributed by atoms with Crippen molar-refractivity contribution in [2.45, 2.75) is 39.8 Å². The second kappa shape index (κ2) is 7.97. The number of furan rings is 1. The van der Waals surface area contributed by atoms with Crippen LogP contribution in [0.15, 0.2) is 16.7 Å². The molecule has 0 unspecified atom stereocenters. The average molecular weight is 321 g/mol. The molecular formula is C18H31N3O2. The summed E-state index contributed by atoms with van der Waals surface area (Å²) in [6.45, 7) is 10.5. The molecule has 1 aliphatic rings. The van der Waals surface area contributed by atoms with Gasteiger partial charge in [-0.2, -0.15) is 0 Å². The smallest absolute Gasteiger partial charge is 0.287 e. The minimum atomic E-state index is -0.113. The molecule has 0 spiro atoms. The van der Waals surface area contributed by atoms with Gasteiger partial charge < -0.3 is 19.5 Å². The molecule has 1 aliphatic heterocycles. The Kier molecular flexibility index (Phi) is 6.25. The molecule has 5 heteroatoms. The first-order valence-corrected chi connectivity index (χ1v) is 8.59. The summed E-state index contributed by atoms with van der Waals surface area (Å²) in [4.78, 5) is 16.9. The monoisotopic (exact) mass is 321 g/mol. The summed E-state index contributed by atoms with van der Waals surface area (Å²) in [6, 6.07) is 1.98. The quantitative estimate of drug-likeness (QED) is 0.874. The zero-order valence-corrected chi connectivity index (χ0v) is 15.1. The van der Waals surface area contributed by atoms with Crippen molar-refractivity contribution >= 4 is 5.91 Å². The molecule has 2 heterocycles. The van der Waals surface area contributed by atoms with E-state index < -0.39 is 0 Å². The third kappa shape index (κ3) is 5.36. The van der Waals surface area contributed by atoms with E-state index in [2.05, 4.69) is 31.0 Å². The highest BCUT2D eigenvalue weighted by Gasteiger charge is 2.24. The van der Waals surface area contributed by atoms with Crippen LogP contribution in [0, 0.1) is 11.8 Å². The summed E-state index contributed by atoms with van der Waals surface area (Å²) in [7, 11) is 3.96. The highest BCUT2D eigenvalue weighted by molar-refractivity contribution is 5.93. The van der Waals surface area contributed by atoms with Crippen LogP contribution in [-0.2, 0) is 6.54 Å². The number of nitrogens with one attached hydrogen (secondary N) is 1. The van der Waals surface area contributed by atoms with Gasteiger partial charge in [0, 0.05) is 37.8 Å². The van der Waals surface area contributed by atoms with Crippen LogP contribution >= 0.6 is 0 Å². The number of carbonyl (C=O) groups excluding carboxylic acids is 1. The number of hydrogen-bond donors (Lipinski definition) is 1. The van der Waals surface area contributed by atoms with E-state index >= 15 is 0 Å². The van der Waals surface area contributed by atoms with E-state index in [1.54, 1.807) is 6.26 Å². The fourth-order valence-electron chi connectivity index (χ4n) is 3.66. The van der Waals surface area contributed by atoms with E-state index in [1.807, 2.05) is 25.1 Å². The van der Waals surface area contributed by atoms with Gasteiger partial charge in [-0.3, -0.25) is 4.79 Å². The van der Waals surface area contributed by atoms with Crippen LogP contribution in [0.3, 0.4) is 0 Å². The molecule has 1 aromatic heterocycles. The number of likely N-dealkylation sites (tertiary alicyclic amines) is 1. The maximum absolute atomic E-state index is 12.4. The molecule has 0 radical (unpaired) electrons. The number of amides is 1. The van der Waals surface area contributed by atoms with E-state index in [1.165, 1.54) is 6.42 Å². The van der Waals surface area contributed by atoms with Crippen molar-refractivity contribution in [2.75, 3.05) is 33.7 Å². The molecule has 130 valence electrons. The van der Waals surface area contributed by atoms with Crippen molar-refractivity contribution in [3.63, 3.8) is 0 Å². The predicted octanol–water partition coefficient (Wildman–Crippen LogP) is 2.44. The Morgan fingerprint density at radius 1 is 1.39 bits per heavy atom. The number of nitrogens with zero attached hydrogens (tertiary/aromatic N) is 2. The van der Waals surface area contributed by atoms with Gasteiger partial charge in [0.05, 0.1) is 6.26 Å². The standard InChI is InChI=1S/C18H31N3O2/c1-13-8-14(2)10-21(9-13)11-15(3)19-18(22)17-16(6-7-23-17)12-20(4)5/h6-7,13-15H,8-12H2,1-5H3,(H,19,22)/t13-,14+,15-/m1/s1. The van der Waals surface area contributed by atoms with Crippen LogP contribution < -0.4 is 5.32 Å². The fraction of sp³-hybridized carbons (Fsp3) is 0.722. The Labute approximate surface area is 140 Å². The number of carbonyl (C=O) groups is 1. The summed E-state index contributed by atoms with van der Waals surface area (Å²) >= 11 is 0. The Hall–Kier alpha value is -1.33. The molecule has 1 N–H and O–H groups in total. The molecule has 23 heavy (non-hydrogen) atoms. The zero-order valence-electron chi connectivity index (χ0n) is 15.1. The van der Waals surface area contributed by atoms with Crippen molar-refractivity contribution in [2.24, 2.45) is 11.8 Å². The van der Waals surface area contributed by atoms with Crippen molar-refractivity contribution < 1.29 is 9.21 Å². The maximum atomic E-state index is 12.4. The maximum Gasteiger partial charge on any atom is 0.287 e. The van der Waals surface area contributed by atoms with Crippen molar-refractivity contribution in [1.82, 2.24) is 15.1 Å². The second-order valence-corrected chi connectivity index (χ2v) is 7.55. The lowest BCUT2D eigenvalue weighted by Crippen LogP contribution is -2.47. The first kappa shape index (κ1) is 18.0. The van der Waals surface area contributed by atoms with E-state index in [0.29, 0.717) is 12.3 Å². The Morgan fingerprint density at radius 2 is 2.04 bits per heavy atom. The van der Waals surface area contributed by atoms with Gasteiger partial charge in [-0.05, 0) is 45.3 Å². The zero-order chi connectivity index (χ0) is 17.0. The van der Waals surface area contributed by atoms with Crippen molar-refractivity contribution in [1.29, 1.82) is 0 Å². The summed E-state index contributed by atoms with van der Waals surface area (Å²) in [5, 5.41) is 3.08. The Balaban J connectivity index is 1.88. The SMILES string of the molecule is C[C@@H]1C[C@H](C)CN(C[C@@H](C)NC(=O)c2occc2CN(C)C)C1. The minimum absolute atomic E-state index is 0.109. The molecule has 0 aromatic carbocycles. The van der Waals surface area contributed by atoms with Crippen LogP contribution in [0.2, 0.25) is 0 Å². The summed E-state index contributed by atoms with van der Waals surface area (Å²) in [5.74, 6) is 1.79. The van der Waals surface area contributed by atoms with E-state index in [0.717, 1.165) is 37.0 Å². The van der Waals surface area contributed by atoms with Gasteiger partial charge in [-0.15, -0.1) is 0 Å². The predicted molar refractivity (Wildman–Crippen MR) is 92.4 cm³/mol. The third-order valence-electron chi connectivity index (χ3n) is 4.29. The molecule has 1 fully saturated rings. The van der Waals surface area contributed by atoms with Crippen LogP contribution in [-0.4, -0.2) is 55.5 Å². The highest BCUT2D eigenvalue weighted by atomic mass is 16.3. The molecule has 1 amide bonds. The molecule has 0 aliphatic carbocycles. The van der Waals surface area contributed by atoms with Gasteiger partial charge in [0.15, 0.2) is 5.76 Å². The van der Waals surface area contributed by atoms with Gasteiger partial charge in [-0.1, -0.05) is 13.8 Å². The van der Waals surface area contributed by atoms with Gasteiger partial charge in [0.2, 0.25) is 0 Å². The van der Waals surface area contributed by atoms with Crippen LogP contribution in [0.25, 0.3) is 0 Å². The summed E-state index contributed by atoms with van der Waals surface area (Å²) in [5.41, 5.74) is 0.930. The molecule has 0 bridgehead atoms. The normalized spacial score (nSPS) is 23.9. The topological polar surface area (TPSA) is 48.7 Å². The Bertz CT molecular complexity index is 502. The van der Waals surface area contributed by atoms with E-state index in [9.17, 15) is 4.79 Å².